The van der Waals surface area contributed by atoms with E-state index in [9.17, 15) is 14.0 Å². The van der Waals surface area contributed by atoms with Crippen LogP contribution in [0.2, 0.25) is 0 Å². The van der Waals surface area contributed by atoms with Gasteiger partial charge in [0.2, 0.25) is 5.91 Å². The number of aromatic amines is 1. The maximum atomic E-state index is 13.6. The van der Waals surface area contributed by atoms with E-state index in [0.29, 0.717) is 36.5 Å². The lowest BCUT2D eigenvalue weighted by molar-refractivity contribution is -0.129. The van der Waals surface area contributed by atoms with E-state index in [0.717, 1.165) is 5.69 Å². The summed E-state index contributed by atoms with van der Waals surface area (Å²) in [5.74, 6) is -0.571. The number of aromatic nitrogens is 3. The molecule has 0 radical (unpaired) electrons. The number of nitrogens with zero attached hydrogens (tertiary/aromatic N) is 3. The summed E-state index contributed by atoms with van der Waals surface area (Å²) >= 11 is 0. The van der Waals surface area contributed by atoms with E-state index in [1.165, 1.54) is 22.7 Å². The molecular weight excluding hydrogens is 337 g/mol. The van der Waals surface area contributed by atoms with Gasteiger partial charge in [0.1, 0.15) is 11.9 Å². The van der Waals surface area contributed by atoms with Crippen LogP contribution in [0.3, 0.4) is 0 Å². The summed E-state index contributed by atoms with van der Waals surface area (Å²) in [5, 5.41) is 5.74. The molecule has 7 nitrogen and oxygen atoms in total. The number of hydrogen-bond acceptors (Lipinski definition) is 4. The summed E-state index contributed by atoms with van der Waals surface area (Å²) in [6.45, 7) is 3.25. The van der Waals surface area contributed by atoms with Crippen molar-refractivity contribution in [2.45, 2.75) is 19.5 Å². The van der Waals surface area contributed by atoms with Gasteiger partial charge in [-0.3, -0.25) is 19.6 Å². The largest absolute Gasteiger partial charge is 0.353 e. The smallest absolute Gasteiger partial charge is 0.272 e. The SMILES string of the molecule is Cc1cc2nc(CN3CCNC(=O)[C@H]3c3cccc(F)c3)cc(=O)n2[nH]1. The minimum atomic E-state index is -0.618. The van der Waals surface area contributed by atoms with Gasteiger partial charge in [-0.05, 0) is 24.6 Å². The van der Waals surface area contributed by atoms with E-state index >= 15 is 0 Å². The Labute approximate surface area is 148 Å². The number of amides is 1. The van der Waals surface area contributed by atoms with Crippen LogP contribution in [0.25, 0.3) is 5.65 Å². The normalized spacial score (nSPS) is 18.2. The number of carbonyl (C=O) groups excluding carboxylic acids is 1. The predicted octanol–water partition coefficient (Wildman–Crippen LogP) is 1.14. The quantitative estimate of drug-likeness (QED) is 0.738. The number of rotatable bonds is 3. The highest BCUT2D eigenvalue weighted by atomic mass is 19.1. The molecule has 0 spiro atoms. The van der Waals surface area contributed by atoms with Crippen LogP contribution in [0, 0.1) is 12.7 Å². The van der Waals surface area contributed by atoms with E-state index in [-0.39, 0.29) is 17.3 Å². The summed E-state index contributed by atoms with van der Waals surface area (Å²) in [6.07, 6.45) is 0. The molecule has 1 aliphatic rings. The Morgan fingerprint density at radius 3 is 2.92 bits per heavy atom. The first-order valence-corrected chi connectivity index (χ1v) is 8.37. The first-order valence-electron chi connectivity index (χ1n) is 8.37. The fourth-order valence-electron chi connectivity index (χ4n) is 3.37. The van der Waals surface area contributed by atoms with E-state index in [2.05, 4.69) is 15.4 Å². The maximum Gasteiger partial charge on any atom is 0.272 e. The topological polar surface area (TPSA) is 82.5 Å². The Morgan fingerprint density at radius 2 is 2.12 bits per heavy atom. The molecule has 1 fully saturated rings. The third kappa shape index (κ3) is 2.99. The minimum Gasteiger partial charge on any atom is -0.353 e. The number of carbonyl (C=O) groups is 1. The van der Waals surface area contributed by atoms with E-state index in [4.69, 9.17) is 0 Å². The molecule has 3 heterocycles. The van der Waals surface area contributed by atoms with Gasteiger partial charge < -0.3 is 5.32 Å². The van der Waals surface area contributed by atoms with Crippen LogP contribution in [0.4, 0.5) is 4.39 Å². The number of nitrogens with one attached hydrogen (secondary N) is 2. The van der Waals surface area contributed by atoms with Crippen LogP contribution in [0.1, 0.15) is 23.0 Å². The van der Waals surface area contributed by atoms with Crippen molar-refractivity contribution in [2.24, 2.45) is 0 Å². The third-order valence-electron chi connectivity index (χ3n) is 4.47. The standard InChI is InChI=1S/C18H18FN5O2/c1-11-7-15-21-14(9-16(25)24(15)22-11)10-23-6-5-20-18(26)17(23)12-3-2-4-13(19)8-12/h2-4,7-9,17,22H,5-6,10H2,1H3,(H,20,26)/t17-/m1/s1. The van der Waals surface area contributed by atoms with Crippen LogP contribution in [-0.2, 0) is 11.3 Å². The van der Waals surface area contributed by atoms with Crippen LogP contribution < -0.4 is 10.9 Å². The maximum absolute atomic E-state index is 13.6. The minimum absolute atomic E-state index is 0.183. The monoisotopic (exact) mass is 355 g/mol. The molecular formula is C18H18FN5O2. The number of halogens is 1. The van der Waals surface area contributed by atoms with Crippen molar-refractivity contribution in [3.05, 3.63) is 69.5 Å². The first kappa shape index (κ1) is 16.5. The average molecular weight is 355 g/mol. The molecule has 4 rings (SSSR count). The molecule has 1 atom stereocenters. The molecule has 1 aliphatic heterocycles. The second-order valence-corrected chi connectivity index (χ2v) is 6.44. The summed E-state index contributed by atoms with van der Waals surface area (Å²) in [5.41, 5.74) is 2.32. The van der Waals surface area contributed by atoms with Gasteiger partial charge in [-0.1, -0.05) is 12.1 Å². The Morgan fingerprint density at radius 1 is 1.27 bits per heavy atom. The van der Waals surface area contributed by atoms with E-state index in [1.54, 1.807) is 18.2 Å². The highest BCUT2D eigenvalue weighted by Gasteiger charge is 2.31. The summed E-state index contributed by atoms with van der Waals surface area (Å²) in [7, 11) is 0. The van der Waals surface area contributed by atoms with Crippen LogP contribution in [0.15, 0.2) is 41.2 Å². The number of hydrogen-bond donors (Lipinski definition) is 2. The lowest BCUT2D eigenvalue weighted by Crippen LogP contribution is -2.49. The highest BCUT2D eigenvalue weighted by Crippen LogP contribution is 2.25. The Balaban J connectivity index is 1.69. The second kappa shape index (κ2) is 6.38. The van der Waals surface area contributed by atoms with Crippen LogP contribution in [-0.4, -0.2) is 38.5 Å². The lowest BCUT2D eigenvalue weighted by Gasteiger charge is -2.35. The molecule has 1 amide bonds. The van der Waals surface area contributed by atoms with Gasteiger partial charge in [0, 0.05) is 37.5 Å². The highest BCUT2D eigenvalue weighted by molar-refractivity contribution is 5.83. The van der Waals surface area contributed by atoms with Gasteiger partial charge in [-0.2, -0.15) is 0 Å². The Hall–Kier alpha value is -3.00. The zero-order valence-electron chi connectivity index (χ0n) is 14.2. The Kier molecular flexibility index (Phi) is 4.04. The van der Waals surface area contributed by atoms with Crippen LogP contribution >= 0.6 is 0 Å². The zero-order chi connectivity index (χ0) is 18.3. The van der Waals surface area contributed by atoms with Gasteiger partial charge in [0.15, 0.2) is 5.65 Å². The first-order chi connectivity index (χ1) is 12.5. The molecule has 134 valence electrons. The van der Waals surface area contributed by atoms with Gasteiger partial charge in [0.25, 0.3) is 5.56 Å². The zero-order valence-corrected chi connectivity index (χ0v) is 14.2. The van der Waals surface area contributed by atoms with Gasteiger partial charge in [0.05, 0.1) is 5.69 Å². The molecule has 26 heavy (non-hydrogen) atoms. The fraction of sp³-hybridized carbons (Fsp3) is 0.278. The number of benzene rings is 1. The van der Waals surface area contributed by atoms with E-state index < -0.39 is 6.04 Å². The molecule has 8 heteroatoms. The van der Waals surface area contributed by atoms with Crippen molar-refractivity contribution in [2.75, 3.05) is 13.1 Å². The average Bonchev–Trinajstić information content (AvgIpc) is 2.96. The molecule has 2 N–H and O–H groups in total. The number of piperazine rings is 1. The number of aryl methyl sites for hydroxylation is 1. The summed E-state index contributed by atoms with van der Waals surface area (Å²) in [6, 6.07) is 8.66. The van der Waals surface area contributed by atoms with Crippen molar-refractivity contribution in [3.8, 4) is 0 Å². The van der Waals surface area contributed by atoms with Crippen molar-refractivity contribution < 1.29 is 9.18 Å². The van der Waals surface area contributed by atoms with Gasteiger partial charge >= 0.3 is 0 Å². The molecule has 2 aromatic heterocycles. The molecule has 1 saturated heterocycles. The van der Waals surface area contributed by atoms with E-state index in [1.807, 2.05) is 11.8 Å². The van der Waals surface area contributed by atoms with Crippen molar-refractivity contribution in [1.29, 1.82) is 0 Å². The van der Waals surface area contributed by atoms with Crippen molar-refractivity contribution in [1.82, 2.24) is 24.8 Å². The molecule has 0 saturated carbocycles. The summed E-state index contributed by atoms with van der Waals surface area (Å²) < 4.78 is 15.0. The molecule has 0 aliphatic carbocycles. The van der Waals surface area contributed by atoms with Gasteiger partial charge in [-0.15, -0.1) is 0 Å². The number of fused-ring (bicyclic) bond motifs is 1. The third-order valence-corrected chi connectivity index (χ3v) is 4.47. The molecule has 0 unspecified atom stereocenters. The van der Waals surface area contributed by atoms with Gasteiger partial charge in [-0.25, -0.2) is 13.9 Å². The fourth-order valence-corrected chi connectivity index (χ4v) is 3.37. The molecule has 1 aromatic carbocycles. The number of H-pyrrole nitrogens is 1. The van der Waals surface area contributed by atoms with Crippen molar-refractivity contribution in [3.63, 3.8) is 0 Å². The van der Waals surface area contributed by atoms with Crippen LogP contribution in [0.5, 0.6) is 0 Å². The molecule has 0 bridgehead atoms. The summed E-state index contributed by atoms with van der Waals surface area (Å²) in [4.78, 5) is 31.1. The second-order valence-electron chi connectivity index (χ2n) is 6.44. The molecule has 3 aromatic rings. The predicted molar refractivity (Wildman–Crippen MR) is 93.1 cm³/mol. The van der Waals surface area contributed by atoms with Crippen molar-refractivity contribution >= 4 is 11.6 Å². The lowest BCUT2D eigenvalue weighted by atomic mass is 10.0. The Bertz CT molecular complexity index is 1040.